The molecule has 0 spiro atoms. The van der Waals surface area contributed by atoms with E-state index in [1.165, 1.54) is 0 Å². The number of hydrogen-bond donors (Lipinski definition) is 2. The molecule has 2 heterocycles. The predicted molar refractivity (Wildman–Crippen MR) is 89.5 cm³/mol. The standard InChI is InChI=1S/C17H21N3O4/c1-23-14-5-3-2-4-12(14)15-13(6-9-21)16(22)19-17(18-15)20-7-10-24-11-8-20/h2-5,21H,6-11H2,1H3,(H,18,19,22). The summed E-state index contributed by atoms with van der Waals surface area (Å²) < 4.78 is 10.8. The van der Waals surface area contributed by atoms with Crippen molar-refractivity contribution < 1.29 is 19.7 Å². The molecular formula is C17H21N3O4. The van der Waals surface area contributed by atoms with Gasteiger partial charge in [-0.3, -0.25) is 0 Å². The van der Waals surface area contributed by atoms with Gasteiger partial charge in [0.25, 0.3) is 0 Å². The number of aliphatic hydroxyl groups is 1. The summed E-state index contributed by atoms with van der Waals surface area (Å²) >= 11 is 0. The van der Waals surface area contributed by atoms with Gasteiger partial charge in [-0.25, -0.2) is 4.98 Å². The summed E-state index contributed by atoms with van der Waals surface area (Å²) in [6.45, 7) is 2.45. The van der Waals surface area contributed by atoms with Crippen LogP contribution in [0.25, 0.3) is 11.3 Å². The van der Waals surface area contributed by atoms with E-state index in [-0.39, 0.29) is 18.9 Å². The second-order valence-electron chi connectivity index (χ2n) is 5.45. The largest absolute Gasteiger partial charge is 0.496 e. The molecule has 128 valence electrons. The van der Waals surface area contributed by atoms with Crippen LogP contribution < -0.4 is 9.64 Å². The number of benzene rings is 1. The summed E-state index contributed by atoms with van der Waals surface area (Å²) in [7, 11) is 1.59. The van der Waals surface area contributed by atoms with Crippen LogP contribution in [0, 0.1) is 0 Å². The quantitative estimate of drug-likeness (QED) is 0.852. The minimum absolute atomic E-state index is 0.101. The maximum absolute atomic E-state index is 10.4. The zero-order valence-corrected chi connectivity index (χ0v) is 13.6. The van der Waals surface area contributed by atoms with E-state index in [1.807, 2.05) is 29.2 Å². The van der Waals surface area contributed by atoms with E-state index in [0.717, 1.165) is 5.56 Å². The van der Waals surface area contributed by atoms with Crippen molar-refractivity contribution in [1.29, 1.82) is 0 Å². The average molecular weight is 331 g/mol. The lowest BCUT2D eigenvalue weighted by Crippen LogP contribution is -2.37. The SMILES string of the molecule is COc1ccccc1-c1nc(N2CCOCC2)nc(O)c1CCO. The molecule has 1 aromatic carbocycles. The molecule has 0 bridgehead atoms. The Morgan fingerprint density at radius 1 is 1.21 bits per heavy atom. The highest BCUT2D eigenvalue weighted by Crippen LogP contribution is 2.35. The second-order valence-corrected chi connectivity index (χ2v) is 5.45. The lowest BCUT2D eigenvalue weighted by molar-refractivity contribution is 0.122. The Bertz CT molecular complexity index is 702. The molecule has 0 radical (unpaired) electrons. The van der Waals surface area contributed by atoms with Crippen molar-refractivity contribution >= 4 is 5.95 Å². The monoisotopic (exact) mass is 331 g/mol. The molecule has 1 aliphatic heterocycles. The highest BCUT2D eigenvalue weighted by Gasteiger charge is 2.21. The molecule has 1 fully saturated rings. The second kappa shape index (κ2) is 7.46. The van der Waals surface area contributed by atoms with Crippen LogP contribution >= 0.6 is 0 Å². The maximum Gasteiger partial charge on any atom is 0.229 e. The number of para-hydroxylation sites is 1. The molecule has 0 amide bonds. The van der Waals surface area contributed by atoms with Crippen molar-refractivity contribution in [1.82, 2.24) is 9.97 Å². The van der Waals surface area contributed by atoms with Crippen LogP contribution in [-0.4, -0.2) is 60.2 Å². The number of morpholine rings is 1. The first-order valence-electron chi connectivity index (χ1n) is 7.91. The number of anilines is 1. The zero-order chi connectivity index (χ0) is 16.9. The van der Waals surface area contributed by atoms with Crippen molar-refractivity contribution in [2.75, 3.05) is 44.9 Å². The Labute approximate surface area is 140 Å². The summed E-state index contributed by atoms with van der Waals surface area (Å²) in [6, 6.07) is 7.47. The summed E-state index contributed by atoms with van der Waals surface area (Å²) in [5, 5.41) is 19.7. The summed E-state index contributed by atoms with van der Waals surface area (Å²) in [5.41, 5.74) is 1.85. The first-order chi connectivity index (χ1) is 11.7. The smallest absolute Gasteiger partial charge is 0.229 e. The average Bonchev–Trinajstić information content (AvgIpc) is 2.64. The fourth-order valence-electron chi connectivity index (χ4n) is 2.77. The number of aromatic nitrogens is 2. The Morgan fingerprint density at radius 2 is 1.96 bits per heavy atom. The summed E-state index contributed by atoms with van der Waals surface area (Å²) in [6.07, 6.45) is 0.266. The van der Waals surface area contributed by atoms with Crippen molar-refractivity contribution in [3.8, 4) is 22.9 Å². The third-order valence-electron chi connectivity index (χ3n) is 3.99. The van der Waals surface area contributed by atoms with Crippen LogP contribution in [0.4, 0.5) is 5.95 Å². The molecule has 24 heavy (non-hydrogen) atoms. The van der Waals surface area contributed by atoms with Crippen LogP contribution in [0.2, 0.25) is 0 Å². The molecule has 2 aromatic rings. The van der Waals surface area contributed by atoms with Crippen LogP contribution in [0.5, 0.6) is 11.6 Å². The van der Waals surface area contributed by atoms with E-state index in [9.17, 15) is 10.2 Å². The Balaban J connectivity index is 2.12. The molecule has 1 saturated heterocycles. The van der Waals surface area contributed by atoms with E-state index in [0.29, 0.717) is 49.3 Å². The first kappa shape index (κ1) is 16.5. The van der Waals surface area contributed by atoms with E-state index >= 15 is 0 Å². The molecule has 1 aliphatic rings. The molecule has 0 atom stereocenters. The fraction of sp³-hybridized carbons (Fsp3) is 0.412. The number of aromatic hydroxyl groups is 1. The van der Waals surface area contributed by atoms with Gasteiger partial charge in [-0.15, -0.1) is 0 Å². The van der Waals surface area contributed by atoms with E-state index < -0.39 is 0 Å². The molecule has 0 unspecified atom stereocenters. The molecular weight excluding hydrogens is 310 g/mol. The number of ether oxygens (including phenoxy) is 2. The number of hydrogen-bond acceptors (Lipinski definition) is 7. The van der Waals surface area contributed by atoms with Crippen molar-refractivity contribution in [3.63, 3.8) is 0 Å². The number of nitrogens with zero attached hydrogens (tertiary/aromatic N) is 3. The Kier molecular flexibility index (Phi) is 5.12. The van der Waals surface area contributed by atoms with Gasteiger partial charge in [0.05, 0.1) is 26.0 Å². The first-order valence-corrected chi connectivity index (χ1v) is 7.91. The molecule has 2 N–H and O–H groups in total. The van der Waals surface area contributed by atoms with Crippen molar-refractivity contribution in [3.05, 3.63) is 29.8 Å². The van der Waals surface area contributed by atoms with E-state index in [1.54, 1.807) is 7.11 Å². The van der Waals surface area contributed by atoms with Crippen molar-refractivity contribution in [2.45, 2.75) is 6.42 Å². The highest BCUT2D eigenvalue weighted by molar-refractivity contribution is 5.72. The van der Waals surface area contributed by atoms with Gasteiger partial charge in [0, 0.05) is 37.2 Å². The molecule has 1 aromatic heterocycles. The topological polar surface area (TPSA) is 87.9 Å². The van der Waals surface area contributed by atoms with E-state index in [2.05, 4.69) is 9.97 Å². The van der Waals surface area contributed by atoms with Gasteiger partial charge in [0.2, 0.25) is 11.8 Å². The van der Waals surface area contributed by atoms with E-state index in [4.69, 9.17) is 9.47 Å². The lowest BCUT2D eigenvalue weighted by Gasteiger charge is -2.27. The van der Waals surface area contributed by atoms with Gasteiger partial charge in [-0.05, 0) is 12.1 Å². The minimum atomic E-state index is -0.110. The highest BCUT2D eigenvalue weighted by atomic mass is 16.5. The van der Waals surface area contributed by atoms with Crippen molar-refractivity contribution in [2.24, 2.45) is 0 Å². The molecule has 3 rings (SSSR count). The minimum Gasteiger partial charge on any atom is -0.496 e. The van der Waals surface area contributed by atoms with Gasteiger partial charge < -0.3 is 24.6 Å². The lowest BCUT2D eigenvalue weighted by atomic mass is 10.0. The van der Waals surface area contributed by atoms with Gasteiger partial charge in [0.15, 0.2) is 0 Å². The Morgan fingerprint density at radius 3 is 2.67 bits per heavy atom. The zero-order valence-electron chi connectivity index (χ0n) is 13.6. The number of rotatable bonds is 5. The van der Waals surface area contributed by atoms with Gasteiger partial charge in [-0.2, -0.15) is 4.98 Å². The predicted octanol–water partition coefficient (Wildman–Crippen LogP) is 1.23. The third-order valence-corrected chi connectivity index (χ3v) is 3.99. The van der Waals surface area contributed by atoms with Crippen LogP contribution in [0.1, 0.15) is 5.56 Å². The Hall–Kier alpha value is -2.38. The normalized spacial score (nSPS) is 14.7. The molecule has 7 nitrogen and oxygen atoms in total. The van der Waals surface area contributed by atoms with Crippen LogP contribution in [-0.2, 0) is 11.2 Å². The van der Waals surface area contributed by atoms with Gasteiger partial charge in [-0.1, -0.05) is 12.1 Å². The van der Waals surface area contributed by atoms with Gasteiger partial charge >= 0.3 is 0 Å². The number of methoxy groups -OCH3 is 1. The molecule has 0 saturated carbocycles. The fourth-order valence-corrected chi connectivity index (χ4v) is 2.77. The summed E-state index contributed by atoms with van der Waals surface area (Å²) in [5.74, 6) is 1.00. The third kappa shape index (κ3) is 3.27. The summed E-state index contributed by atoms with van der Waals surface area (Å²) in [4.78, 5) is 10.9. The van der Waals surface area contributed by atoms with Crippen LogP contribution in [0.15, 0.2) is 24.3 Å². The maximum atomic E-state index is 10.4. The molecule has 7 heteroatoms. The molecule has 0 aliphatic carbocycles. The number of aliphatic hydroxyl groups excluding tert-OH is 1. The van der Waals surface area contributed by atoms with Crippen LogP contribution in [0.3, 0.4) is 0 Å². The van der Waals surface area contributed by atoms with Gasteiger partial charge in [0.1, 0.15) is 5.75 Å².